The second-order valence-electron chi connectivity index (χ2n) is 2.80. The molecule has 0 saturated heterocycles. The van der Waals surface area contributed by atoms with E-state index < -0.39 is 5.60 Å². The summed E-state index contributed by atoms with van der Waals surface area (Å²) in [5.41, 5.74) is -0.450. The second kappa shape index (κ2) is 6.75. The van der Waals surface area contributed by atoms with E-state index in [0.717, 1.165) is 19.1 Å². The van der Waals surface area contributed by atoms with Crippen LogP contribution < -0.4 is 0 Å². The van der Waals surface area contributed by atoms with Gasteiger partial charge >= 0.3 is 0 Å². The van der Waals surface area contributed by atoms with E-state index in [1.54, 1.807) is 0 Å². The first kappa shape index (κ1) is 12.3. The van der Waals surface area contributed by atoms with Gasteiger partial charge in [-0.2, -0.15) is 0 Å². The second-order valence-corrected chi connectivity index (χ2v) is 2.80. The van der Waals surface area contributed by atoms with Crippen molar-refractivity contribution in [1.29, 1.82) is 0 Å². The minimum atomic E-state index is -0.450. The summed E-state index contributed by atoms with van der Waals surface area (Å²) >= 11 is 0. The first-order valence-corrected chi connectivity index (χ1v) is 3.60. The minimum absolute atomic E-state index is 0.450. The van der Waals surface area contributed by atoms with Crippen LogP contribution in [0.2, 0.25) is 0 Å². The Labute approximate surface area is 63.3 Å². The molecule has 0 aromatic rings. The molecule has 0 aromatic heterocycles. The van der Waals surface area contributed by atoms with Crippen molar-refractivity contribution < 1.29 is 9.90 Å². The van der Waals surface area contributed by atoms with Crippen LogP contribution in [0.15, 0.2) is 0 Å². The highest BCUT2D eigenvalue weighted by Crippen LogP contribution is 2.08. The van der Waals surface area contributed by atoms with Crippen LogP contribution in [0.25, 0.3) is 0 Å². The summed E-state index contributed by atoms with van der Waals surface area (Å²) in [6.45, 7) is 7.17. The van der Waals surface area contributed by atoms with Gasteiger partial charge in [-0.3, -0.25) is 0 Å². The molecule has 2 nitrogen and oxygen atoms in total. The molecule has 0 aliphatic carbocycles. The zero-order valence-electron chi connectivity index (χ0n) is 7.35. The van der Waals surface area contributed by atoms with Gasteiger partial charge in [-0.1, -0.05) is 13.3 Å². The van der Waals surface area contributed by atoms with Gasteiger partial charge in [-0.25, -0.2) is 0 Å². The molecule has 10 heavy (non-hydrogen) atoms. The molecule has 0 heterocycles. The predicted octanol–water partition coefficient (Wildman–Crippen LogP) is 1.76. The largest absolute Gasteiger partial charge is 0.390 e. The van der Waals surface area contributed by atoms with Crippen LogP contribution in [0.3, 0.4) is 0 Å². The van der Waals surface area contributed by atoms with Crippen LogP contribution in [0.1, 0.15) is 40.5 Å². The summed E-state index contributed by atoms with van der Waals surface area (Å²) in [6, 6.07) is 0. The van der Waals surface area contributed by atoms with Crippen molar-refractivity contribution >= 4 is 6.29 Å². The summed E-state index contributed by atoms with van der Waals surface area (Å²) in [4.78, 5) is 8.81. The van der Waals surface area contributed by atoms with Crippen molar-refractivity contribution in [2.24, 2.45) is 0 Å². The van der Waals surface area contributed by atoms with Gasteiger partial charge in [0.1, 0.15) is 6.29 Å². The SMILES string of the molecule is CC=O.CCCC(C)(C)O. The fourth-order valence-electron chi connectivity index (χ4n) is 0.612. The molecule has 0 amide bonds. The Bertz CT molecular complexity index is 71.8. The highest BCUT2D eigenvalue weighted by Gasteiger charge is 2.08. The van der Waals surface area contributed by atoms with Crippen molar-refractivity contribution in [3.05, 3.63) is 0 Å². The molecule has 0 radical (unpaired) electrons. The van der Waals surface area contributed by atoms with Gasteiger partial charge < -0.3 is 9.90 Å². The standard InChI is InChI=1S/C6H14O.C2H4O/c1-4-5-6(2,3)7;1-2-3/h7H,4-5H2,1-3H3;2H,1H3. The Morgan fingerprint density at radius 2 is 1.80 bits per heavy atom. The van der Waals surface area contributed by atoms with Crippen LogP contribution >= 0.6 is 0 Å². The molecule has 0 unspecified atom stereocenters. The van der Waals surface area contributed by atoms with Crippen molar-refractivity contribution in [1.82, 2.24) is 0 Å². The number of rotatable bonds is 2. The molecule has 0 aliphatic heterocycles. The number of hydrogen-bond acceptors (Lipinski definition) is 2. The van der Waals surface area contributed by atoms with Crippen molar-refractivity contribution in [3.63, 3.8) is 0 Å². The summed E-state index contributed by atoms with van der Waals surface area (Å²) in [6.07, 6.45) is 2.70. The minimum Gasteiger partial charge on any atom is -0.390 e. The van der Waals surface area contributed by atoms with Crippen LogP contribution in [0.5, 0.6) is 0 Å². The average Bonchev–Trinajstić information content (AvgIpc) is 1.63. The average molecular weight is 146 g/mol. The molecule has 1 N–H and O–H groups in total. The lowest BCUT2D eigenvalue weighted by Crippen LogP contribution is -2.16. The Balaban J connectivity index is 0. The van der Waals surface area contributed by atoms with Gasteiger partial charge in [-0.05, 0) is 27.2 Å². The number of carbonyl (C=O) groups excluding carboxylic acids is 1. The van der Waals surface area contributed by atoms with E-state index in [1.807, 2.05) is 13.8 Å². The molecule has 0 rings (SSSR count). The van der Waals surface area contributed by atoms with Gasteiger partial charge in [0, 0.05) is 0 Å². The lowest BCUT2D eigenvalue weighted by Gasteiger charge is -2.14. The van der Waals surface area contributed by atoms with E-state index in [-0.39, 0.29) is 0 Å². The van der Waals surface area contributed by atoms with Gasteiger partial charge in [-0.15, -0.1) is 0 Å². The fraction of sp³-hybridized carbons (Fsp3) is 0.875. The van der Waals surface area contributed by atoms with Crippen molar-refractivity contribution in [2.45, 2.75) is 46.1 Å². The maximum atomic E-state index is 9.02. The molecule has 62 valence electrons. The third-order valence-corrected chi connectivity index (χ3v) is 0.862. The zero-order chi connectivity index (χ0) is 8.62. The summed E-state index contributed by atoms with van der Waals surface area (Å²) in [7, 11) is 0. The Morgan fingerprint density at radius 3 is 1.80 bits per heavy atom. The Kier molecular flexibility index (Phi) is 8.31. The number of aliphatic hydroxyl groups is 1. The quantitative estimate of drug-likeness (QED) is 0.603. The fourth-order valence-corrected chi connectivity index (χ4v) is 0.612. The molecule has 2 heteroatoms. The number of aldehydes is 1. The van der Waals surface area contributed by atoms with Gasteiger partial charge in [0.05, 0.1) is 5.60 Å². The topological polar surface area (TPSA) is 37.3 Å². The lowest BCUT2D eigenvalue weighted by molar-refractivity contribution is -0.106. The maximum absolute atomic E-state index is 9.02. The zero-order valence-corrected chi connectivity index (χ0v) is 7.35. The van der Waals surface area contributed by atoms with Crippen LogP contribution in [-0.2, 0) is 4.79 Å². The maximum Gasteiger partial charge on any atom is 0.116 e. The third kappa shape index (κ3) is 25.5. The molecule has 0 atom stereocenters. The molecule has 0 spiro atoms. The van der Waals surface area contributed by atoms with Crippen molar-refractivity contribution in [3.8, 4) is 0 Å². The Hall–Kier alpha value is -0.370. The smallest absolute Gasteiger partial charge is 0.116 e. The van der Waals surface area contributed by atoms with E-state index in [9.17, 15) is 0 Å². The molecule has 0 aromatic carbocycles. The van der Waals surface area contributed by atoms with Crippen LogP contribution in [-0.4, -0.2) is 17.0 Å². The summed E-state index contributed by atoms with van der Waals surface area (Å²) in [5.74, 6) is 0. The van der Waals surface area contributed by atoms with Crippen LogP contribution in [0, 0.1) is 0 Å². The monoisotopic (exact) mass is 146 g/mol. The molecule has 0 saturated carbocycles. The first-order valence-electron chi connectivity index (χ1n) is 3.60. The van der Waals surface area contributed by atoms with E-state index in [0.29, 0.717) is 0 Å². The lowest BCUT2D eigenvalue weighted by atomic mass is 10.0. The molecular formula is C8H18O2. The van der Waals surface area contributed by atoms with E-state index >= 15 is 0 Å². The highest BCUT2D eigenvalue weighted by molar-refractivity contribution is 5.44. The molecular weight excluding hydrogens is 128 g/mol. The number of carbonyl (C=O) groups is 1. The summed E-state index contributed by atoms with van der Waals surface area (Å²) in [5, 5.41) is 9.02. The highest BCUT2D eigenvalue weighted by atomic mass is 16.3. The van der Waals surface area contributed by atoms with Gasteiger partial charge in [0.25, 0.3) is 0 Å². The Morgan fingerprint density at radius 1 is 1.50 bits per heavy atom. The molecule has 0 bridgehead atoms. The van der Waals surface area contributed by atoms with Gasteiger partial charge in [0.2, 0.25) is 0 Å². The molecule has 0 fully saturated rings. The predicted molar refractivity (Wildman–Crippen MR) is 42.9 cm³/mol. The summed E-state index contributed by atoms with van der Waals surface area (Å²) < 4.78 is 0. The van der Waals surface area contributed by atoms with Gasteiger partial charge in [0.15, 0.2) is 0 Å². The number of hydrogen-bond donors (Lipinski definition) is 1. The van der Waals surface area contributed by atoms with E-state index in [4.69, 9.17) is 9.90 Å². The van der Waals surface area contributed by atoms with E-state index in [1.165, 1.54) is 6.92 Å². The van der Waals surface area contributed by atoms with E-state index in [2.05, 4.69) is 6.92 Å². The van der Waals surface area contributed by atoms with Crippen molar-refractivity contribution in [2.75, 3.05) is 0 Å². The third-order valence-electron chi connectivity index (χ3n) is 0.862. The van der Waals surface area contributed by atoms with Crippen LogP contribution in [0.4, 0.5) is 0 Å². The molecule has 0 aliphatic rings. The first-order chi connectivity index (χ1) is 4.47. The normalized spacial score (nSPS) is 9.70.